The summed E-state index contributed by atoms with van der Waals surface area (Å²) in [5.74, 6) is 4.09. The SMILES string of the molecule is O=C(NCCC#Cc1ccc(C(=O)O)c(O)c1)OCc1ccccc1. The molecule has 0 atom stereocenters. The number of ether oxygens (including phenoxy) is 1. The summed E-state index contributed by atoms with van der Waals surface area (Å²) in [7, 11) is 0. The van der Waals surface area contributed by atoms with E-state index in [-0.39, 0.29) is 17.9 Å². The van der Waals surface area contributed by atoms with Crippen molar-refractivity contribution in [2.24, 2.45) is 0 Å². The van der Waals surface area contributed by atoms with Crippen molar-refractivity contribution in [3.05, 3.63) is 65.2 Å². The number of aromatic hydroxyl groups is 1. The van der Waals surface area contributed by atoms with E-state index in [0.717, 1.165) is 5.56 Å². The van der Waals surface area contributed by atoms with E-state index in [0.29, 0.717) is 18.5 Å². The van der Waals surface area contributed by atoms with Crippen LogP contribution in [0, 0.1) is 11.8 Å². The van der Waals surface area contributed by atoms with Gasteiger partial charge in [0, 0.05) is 18.5 Å². The van der Waals surface area contributed by atoms with E-state index in [1.54, 1.807) is 0 Å². The summed E-state index contributed by atoms with van der Waals surface area (Å²) in [4.78, 5) is 22.3. The van der Waals surface area contributed by atoms with Crippen LogP contribution in [0.4, 0.5) is 4.79 Å². The second-order valence-electron chi connectivity index (χ2n) is 5.08. The Balaban J connectivity index is 1.72. The summed E-state index contributed by atoms with van der Waals surface area (Å²) in [6.45, 7) is 0.521. The van der Waals surface area contributed by atoms with Gasteiger partial charge >= 0.3 is 12.1 Å². The third-order valence-corrected chi connectivity index (χ3v) is 3.19. The molecule has 0 radical (unpaired) electrons. The lowest BCUT2D eigenvalue weighted by molar-refractivity contribution is 0.0693. The maximum absolute atomic E-state index is 11.5. The molecule has 25 heavy (non-hydrogen) atoms. The van der Waals surface area contributed by atoms with Crippen LogP contribution < -0.4 is 5.32 Å². The fourth-order valence-corrected chi connectivity index (χ4v) is 1.96. The van der Waals surface area contributed by atoms with Crippen LogP contribution in [0.3, 0.4) is 0 Å². The Labute approximate surface area is 145 Å². The van der Waals surface area contributed by atoms with Crippen LogP contribution >= 0.6 is 0 Å². The van der Waals surface area contributed by atoms with Crippen molar-refractivity contribution >= 4 is 12.1 Å². The number of rotatable bonds is 5. The van der Waals surface area contributed by atoms with Crippen molar-refractivity contribution in [2.45, 2.75) is 13.0 Å². The lowest BCUT2D eigenvalue weighted by Crippen LogP contribution is -2.24. The molecule has 0 spiro atoms. The summed E-state index contributed by atoms with van der Waals surface area (Å²) < 4.78 is 5.06. The Morgan fingerprint density at radius 1 is 1.12 bits per heavy atom. The number of alkyl carbamates (subject to hydrolysis) is 1. The molecule has 0 bridgehead atoms. The molecule has 0 heterocycles. The van der Waals surface area contributed by atoms with Crippen LogP contribution in [0.15, 0.2) is 48.5 Å². The molecule has 3 N–H and O–H groups in total. The van der Waals surface area contributed by atoms with E-state index < -0.39 is 12.1 Å². The van der Waals surface area contributed by atoms with E-state index in [4.69, 9.17) is 9.84 Å². The number of hydrogen-bond donors (Lipinski definition) is 3. The molecule has 2 rings (SSSR count). The molecule has 0 saturated carbocycles. The zero-order valence-electron chi connectivity index (χ0n) is 13.4. The molecule has 2 aromatic rings. The highest BCUT2D eigenvalue weighted by molar-refractivity contribution is 5.90. The average molecular weight is 339 g/mol. The molecule has 1 amide bonds. The minimum absolute atomic E-state index is 0.173. The largest absolute Gasteiger partial charge is 0.507 e. The molecule has 128 valence electrons. The predicted molar refractivity (Wildman–Crippen MR) is 91.2 cm³/mol. The molecule has 6 heteroatoms. The zero-order chi connectivity index (χ0) is 18.1. The number of amides is 1. The fourth-order valence-electron chi connectivity index (χ4n) is 1.96. The highest BCUT2D eigenvalue weighted by Crippen LogP contribution is 2.18. The van der Waals surface area contributed by atoms with Gasteiger partial charge in [-0.1, -0.05) is 42.2 Å². The average Bonchev–Trinajstić information content (AvgIpc) is 2.60. The number of benzene rings is 2. The standard InChI is InChI=1S/C19H17NO5/c21-17-12-14(9-10-16(17)18(22)23)6-4-5-11-20-19(24)25-13-15-7-2-1-3-8-15/h1-3,7-10,12,21H,5,11,13H2,(H,20,24)(H,22,23). The Hall–Kier alpha value is -3.46. The number of aromatic carboxylic acids is 1. The highest BCUT2D eigenvalue weighted by atomic mass is 16.5. The lowest BCUT2D eigenvalue weighted by Gasteiger charge is -2.05. The van der Waals surface area contributed by atoms with Gasteiger partial charge in [0.2, 0.25) is 0 Å². The van der Waals surface area contributed by atoms with Gasteiger partial charge in [0.05, 0.1) is 0 Å². The minimum Gasteiger partial charge on any atom is -0.507 e. The molecule has 0 saturated heterocycles. The minimum atomic E-state index is -1.20. The summed E-state index contributed by atoms with van der Waals surface area (Å²) in [5.41, 5.74) is 1.23. The summed E-state index contributed by atoms with van der Waals surface area (Å²) in [6, 6.07) is 13.4. The van der Waals surface area contributed by atoms with Gasteiger partial charge in [0.1, 0.15) is 17.9 Å². The van der Waals surface area contributed by atoms with Gasteiger partial charge in [-0.15, -0.1) is 0 Å². The normalized spacial score (nSPS) is 9.60. The van der Waals surface area contributed by atoms with E-state index in [1.807, 2.05) is 30.3 Å². The van der Waals surface area contributed by atoms with Crippen LogP contribution in [0.25, 0.3) is 0 Å². The molecule has 0 unspecified atom stereocenters. The van der Waals surface area contributed by atoms with Crippen LogP contribution in [-0.2, 0) is 11.3 Å². The zero-order valence-corrected chi connectivity index (χ0v) is 13.4. The van der Waals surface area contributed by atoms with Gasteiger partial charge in [0.15, 0.2) is 0 Å². The summed E-state index contributed by atoms with van der Waals surface area (Å²) in [5, 5.41) is 21.0. The molecule has 0 aliphatic rings. The smallest absolute Gasteiger partial charge is 0.407 e. The Bertz CT molecular complexity index is 806. The maximum atomic E-state index is 11.5. The Morgan fingerprint density at radius 2 is 1.88 bits per heavy atom. The molecule has 2 aromatic carbocycles. The number of phenols is 1. The summed E-state index contributed by atoms with van der Waals surface area (Å²) in [6.07, 6.45) is -0.129. The monoisotopic (exact) mass is 339 g/mol. The van der Waals surface area contributed by atoms with Gasteiger partial charge < -0.3 is 20.3 Å². The number of carbonyl (C=O) groups excluding carboxylic acids is 1. The molecule has 0 aromatic heterocycles. The highest BCUT2D eigenvalue weighted by Gasteiger charge is 2.08. The van der Waals surface area contributed by atoms with Gasteiger partial charge in [-0.3, -0.25) is 0 Å². The van der Waals surface area contributed by atoms with Gasteiger partial charge in [-0.05, 0) is 23.8 Å². The third kappa shape index (κ3) is 5.92. The van der Waals surface area contributed by atoms with Crippen LogP contribution in [0.1, 0.15) is 27.9 Å². The molecule has 0 aliphatic heterocycles. The Kier molecular flexibility index (Phi) is 6.43. The van der Waals surface area contributed by atoms with E-state index in [1.165, 1.54) is 18.2 Å². The van der Waals surface area contributed by atoms with Gasteiger partial charge in [0.25, 0.3) is 0 Å². The first-order valence-electron chi connectivity index (χ1n) is 7.56. The lowest BCUT2D eigenvalue weighted by atomic mass is 10.1. The van der Waals surface area contributed by atoms with Crippen LogP contribution in [0.2, 0.25) is 0 Å². The van der Waals surface area contributed by atoms with Crippen molar-refractivity contribution in [2.75, 3.05) is 6.54 Å². The molecule has 0 aliphatic carbocycles. The van der Waals surface area contributed by atoms with Crippen molar-refractivity contribution in [3.63, 3.8) is 0 Å². The first kappa shape index (κ1) is 17.9. The van der Waals surface area contributed by atoms with Crippen LogP contribution in [0.5, 0.6) is 5.75 Å². The van der Waals surface area contributed by atoms with Crippen molar-refractivity contribution in [3.8, 4) is 17.6 Å². The molecule has 6 nitrogen and oxygen atoms in total. The fraction of sp³-hybridized carbons (Fsp3) is 0.158. The maximum Gasteiger partial charge on any atom is 0.407 e. The van der Waals surface area contributed by atoms with Gasteiger partial charge in [-0.2, -0.15) is 0 Å². The van der Waals surface area contributed by atoms with Gasteiger partial charge in [-0.25, -0.2) is 9.59 Å². The number of carbonyl (C=O) groups is 2. The van der Waals surface area contributed by atoms with Crippen molar-refractivity contribution in [1.29, 1.82) is 0 Å². The Morgan fingerprint density at radius 3 is 2.56 bits per heavy atom. The van der Waals surface area contributed by atoms with E-state index in [2.05, 4.69) is 17.2 Å². The number of nitrogens with one attached hydrogen (secondary N) is 1. The third-order valence-electron chi connectivity index (χ3n) is 3.19. The van der Waals surface area contributed by atoms with Crippen molar-refractivity contribution < 1.29 is 24.5 Å². The van der Waals surface area contributed by atoms with Crippen molar-refractivity contribution in [1.82, 2.24) is 5.32 Å². The second kappa shape index (κ2) is 8.99. The topological polar surface area (TPSA) is 95.9 Å². The number of carboxylic acids is 1. The summed E-state index contributed by atoms with van der Waals surface area (Å²) >= 11 is 0. The molecular weight excluding hydrogens is 322 g/mol. The number of hydrogen-bond acceptors (Lipinski definition) is 4. The molecular formula is C19H17NO5. The number of carboxylic acid groups (broad SMARTS) is 1. The quantitative estimate of drug-likeness (QED) is 0.575. The first-order valence-corrected chi connectivity index (χ1v) is 7.56. The second-order valence-corrected chi connectivity index (χ2v) is 5.08. The van der Waals surface area contributed by atoms with E-state index in [9.17, 15) is 14.7 Å². The predicted octanol–water partition coefficient (Wildman–Crippen LogP) is 2.76. The van der Waals surface area contributed by atoms with Crippen LogP contribution in [-0.4, -0.2) is 28.8 Å². The van der Waals surface area contributed by atoms with E-state index >= 15 is 0 Å². The first-order chi connectivity index (χ1) is 12.1. The molecule has 0 fully saturated rings.